The van der Waals surface area contributed by atoms with Crippen LogP contribution >= 0.6 is 0 Å². The molecule has 0 spiro atoms. The van der Waals surface area contributed by atoms with Gasteiger partial charge in [0, 0.05) is 79.6 Å². The first-order valence-electron chi connectivity index (χ1n) is 21.2. The minimum atomic E-state index is 0.140. The van der Waals surface area contributed by atoms with E-state index in [1.807, 2.05) is 18.2 Å². The van der Waals surface area contributed by atoms with Crippen LogP contribution in [0.25, 0.3) is 45.3 Å². The second kappa shape index (κ2) is 17.9. The summed E-state index contributed by atoms with van der Waals surface area (Å²) in [6, 6.07) is 52.9. The van der Waals surface area contributed by atoms with Gasteiger partial charge in [0.05, 0.1) is 11.0 Å². The molecule has 8 aromatic rings. The van der Waals surface area contributed by atoms with Gasteiger partial charge in [-0.2, -0.15) is 0 Å². The fourth-order valence-electron chi connectivity index (χ4n) is 8.67. The van der Waals surface area contributed by atoms with Gasteiger partial charge in [0.25, 0.3) is 0 Å². The Hall–Kier alpha value is -7.30. The molecule has 0 aliphatic rings. The van der Waals surface area contributed by atoms with E-state index in [4.69, 9.17) is 0 Å². The first kappa shape index (κ1) is 40.5. The molecule has 0 aliphatic carbocycles. The molecule has 8 rings (SSSR count). The van der Waals surface area contributed by atoms with Gasteiger partial charge in [-0.1, -0.05) is 109 Å². The molecule has 0 radical (unpaired) electrons. The van der Waals surface area contributed by atoms with Crippen LogP contribution in [0.5, 0.6) is 0 Å². The van der Waals surface area contributed by atoms with Gasteiger partial charge in [-0.05, 0) is 138 Å². The minimum Gasteiger partial charge on any atom is -0.335 e. The van der Waals surface area contributed by atoms with Crippen LogP contribution in [0, 0.1) is 6.92 Å². The summed E-state index contributed by atoms with van der Waals surface area (Å²) in [4.78, 5) is 4.77. The van der Waals surface area contributed by atoms with E-state index in [0.717, 1.165) is 51.6 Å². The van der Waals surface area contributed by atoms with Crippen LogP contribution in [-0.4, -0.2) is 15.2 Å². The highest BCUT2D eigenvalue weighted by molar-refractivity contribution is 5.93. The van der Waals surface area contributed by atoms with Gasteiger partial charge in [0.2, 0.25) is 0 Å². The lowest BCUT2D eigenvalue weighted by molar-refractivity contribution is 0.857. The molecule has 0 fully saturated rings. The average Bonchev–Trinajstić information content (AvgIpc) is 3.78. The summed E-state index contributed by atoms with van der Waals surface area (Å²) in [5, 5.41) is 2.46. The largest absolute Gasteiger partial charge is 0.335 e. The predicted molar refractivity (Wildman–Crippen MR) is 265 cm³/mol. The third-order valence-electron chi connectivity index (χ3n) is 11.4. The van der Waals surface area contributed by atoms with E-state index in [1.165, 1.54) is 44.4 Å². The molecule has 0 aliphatic heterocycles. The highest BCUT2D eigenvalue weighted by atomic mass is 15.2. The lowest BCUT2D eigenvalue weighted by atomic mass is 10.1. The van der Waals surface area contributed by atoms with Crippen LogP contribution in [0.4, 0.5) is 28.4 Å². The van der Waals surface area contributed by atoms with E-state index in [2.05, 4.69) is 243 Å². The SMILES string of the molecule is C=C/C=C\c1cn(-c2ccc(N(c3ccc(N(c4ccccc4CC=C)C(C)/C=C\C)cc3)c3ccc(-n4c(C)c(C=C(C)C)c5ccccc54)cc3)cc2)c2ccccc12. The van der Waals surface area contributed by atoms with Crippen LogP contribution in [0.2, 0.25) is 0 Å². The molecule has 0 saturated heterocycles. The van der Waals surface area contributed by atoms with Crippen LogP contribution in [-0.2, 0) is 6.42 Å². The summed E-state index contributed by atoms with van der Waals surface area (Å²) in [6.07, 6.45) is 17.6. The van der Waals surface area contributed by atoms with Crippen molar-refractivity contribution in [2.24, 2.45) is 0 Å². The number of allylic oxidation sites excluding steroid dienone is 5. The van der Waals surface area contributed by atoms with Crippen molar-refractivity contribution < 1.29 is 0 Å². The molecular weight excluding hydrogens is 741 g/mol. The Kier molecular flexibility index (Phi) is 11.9. The Balaban J connectivity index is 1.23. The first-order valence-corrected chi connectivity index (χ1v) is 21.2. The summed E-state index contributed by atoms with van der Waals surface area (Å²) < 4.78 is 4.65. The van der Waals surface area contributed by atoms with Gasteiger partial charge in [0.15, 0.2) is 0 Å². The van der Waals surface area contributed by atoms with E-state index < -0.39 is 0 Å². The number of para-hydroxylation sites is 3. The number of fused-ring (bicyclic) bond motifs is 2. The fourth-order valence-corrected chi connectivity index (χ4v) is 8.67. The van der Waals surface area contributed by atoms with Crippen LogP contribution < -0.4 is 9.80 Å². The third-order valence-corrected chi connectivity index (χ3v) is 11.4. The molecule has 0 bridgehead atoms. The van der Waals surface area contributed by atoms with E-state index >= 15 is 0 Å². The Labute approximate surface area is 361 Å². The van der Waals surface area contributed by atoms with Crippen LogP contribution in [0.15, 0.2) is 201 Å². The van der Waals surface area contributed by atoms with Gasteiger partial charge in [-0.25, -0.2) is 0 Å². The van der Waals surface area contributed by atoms with Crippen LogP contribution in [0.1, 0.15) is 50.1 Å². The quantitative estimate of drug-likeness (QED) is 0.0805. The topological polar surface area (TPSA) is 16.3 Å². The van der Waals surface area contributed by atoms with Gasteiger partial charge < -0.3 is 18.9 Å². The van der Waals surface area contributed by atoms with E-state index in [9.17, 15) is 0 Å². The van der Waals surface area contributed by atoms with Gasteiger partial charge >= 0.3 is 0 Å². The smallest absolute Gasteiger partial charge is 0.0537 e. The number of benzene rings is 6. The number of rotatable bonds is 14. The molecule has 4 nitrogen and oxygen atoms in total. The monoisotopic (exact) mass is 794 g/mol. The summed E-state index contributed by atoms with van der Waals surface area (Å²) in [5.41, 5.74) is 16.3. The van der Waals surface area contributed by atoms with Crippen molar-refractivity contribution in [3.63, 3.8) is 0 Å². The summed E-state index contributed by atoms with van der Waals surface area (Å²) >= 11 is 0. The number of aromatic nitrogens is 2. The molecule has 1 atom stereocenters. The normalized spacial score (nSPS) is 12.0. The molecule has 0 amide bonds. The molecule has 0 saturated carbocycles. The number of hydrogen-bond acceptors (Lipinski definition) is 2. The predicted octanol–water partition coefficient (Wildman–Crippen LogP) is 15.8. The minimum absolute atomic E-state index is 0.140. The Morgan fingerprint density at radius 1 is 0.672 bits per heavy atom. The molecule has 61 heavy (non-hydrogen) atoms. The summed E-state index contributed by atoms with van der Waals surface area (Å²) in [6.45, 7) is 18.8. The number of anilines is 5. The second-order valence-corrected chi connectivity index (χ2v) is 15.8. The van der Waals surface area contributed by atoms with E-state index in [-0.39, 0.29) is 6.04 Å². The molecule has 0 N–H and O–H groups in total. The zero-order chi connectivity index (χ0) is 42.5. The highest BCUT2D eigenvalue weighted by Gasteiger charge is 2.20. The van der Waals surface area contributed by atoms with Gasteiger partial charge in [-0.15, -0.1) is 6.58 Å². The third kappa shape index (κ3) is 8.05. The average molecular weight is 795 g/mol. The standard InChI is InChI=1S/C57H54N4/c1-8-11-20-45-40-58(56-25-16-13-22-52(45)56)46-27-29-49(30-28-46)61(50-35-31-47(32-36-50)59(42(6)18-9-2)55-24-15-12-21-44(55)19-10-3)51-37-33-48(34-38-51)60-43(7)54(39-41(4)5)53-23-14-17-26-57(53)60/h8-18,20-40,42H,1,3,19H2,2,4-7H3/b18-9-,20-11-. The molecule has 4 heteroatoms. The van der Waals surface area contributed by atoms with Crippen molar-refractivity contribution >= 4 is 62.4 Å². The maximum atomic E-state index is 4.05. The van der Waals surface area contributed by atoms with Crippen molar-refractivity contribution in [1.29, 1.82) is 0 Å². The fraction of sp³-hybridized carbons (Fsp3) is 0.123. The Bertz CT molecular complexity index is 2910. The van der Waals surface area contributed by atoms with Crippen LogP contribution in [0.3, 0.4) is 0 Å². The number of nitrogens with zero attached hydrogens (tertiary/aromatic N) is 4. The van der Waals surface area contributed by atoms with Crippen molar-refractivity contribution in [3.8, 4) is 11.4 Å². The van der Waals surface area contributed by atoms with Gasteiger partial charge in [-0.3, -0.25) is 0 Å². The van der Waals surface area contributed by atoms with E-state index in [0.29, 0.717) is 0 Å². The molecule has 2 heterocycles. The zero-order valence-electron chi connectivity index (χ0n) is 36.0. The maximum Gasteiger partial charge on any atom is 0.0537 e. The lowest BCUT2D eigenvalue weighted by Gasteiger charge is -2.32. The van der Waals surface area contributed by atoms with Crippen molar-refractivity contribution in [3.05, 3.63) is 223 Å². The molecule has 1 unspecified atom stereocenters. The maximum absolute atomic E-state index is 4.05. The number of hydrogen-bond donors (Lipinski definition) is 0. The molecule has 302 valence electrons. The molecular formula is C57H54N4. The Morgan fingerprint density at radius 2 is 1.25 bits per heavy atom. The van der Waals surface area contributed by atoms with E-state index in [1.54, 1.807) is 0 Å². The summed E-state index contributed by atoms with van der Waals surface area (Å²) in [7, 11) is 0. The molecule has 6 aromatic carbocycles. The van der Waals surface area contributed by atoms with Crippen molar-refractivity contribution in [2.45, 2.75) is 47.1 Å². The second-order valence-electron chi connectivity index (χ2n) is 15.8. The van der Waals surface area contributed by atoms with Gasteiger partial charge in [0.1, 0.15) is 0 Å². The van der Waals surface area contributed by atoms with Crippen molar-refractivity contribution in [2.75, 3.05) is 9.80 Å². The molecule has 2 aromatic heterocycles. The van der Waals surface area contributed by atoms with Crippen molar-refractivity contribution in [1.82, 2.24) is 9.13 Å². The lowest BCUT2D eigenvalue weighted by Crippen LogP contribution is -2.27. The highest BCUT2D eigenvalue weighted by Crippen LogP contribution is 2.40. The zero-order valence-corrected chi connectivity index (χ0v) is 36.0. The summed E-state index contributed by atoms with van der Waals surface area (Å²) in [5.74, 6) is 0. The Morgan fingerprint density at radius 3 is 1.89 bits per heavy atom. The first-order chi connectivity index (χ1) is 29.8.